The molecular formula is C18H21F2NO5. The molecule has 26 heavy (non-hydrogen) atoms. The molecule has 1 saturated heterocycles. The van der Waals surface area contributed by atoms with E-state index >= 15 is 0 Å². The second-order valence-electron chi connectivity index (χ2n) is 6.02. The number of carbonyl (C=O) groups excluding carboxylic acids is 3. The van der Waals surface area contributed by atoms with Crippen molar-refractivity contribution in [3.05, 3.63) is 35.4 Å². The molecule has 1 heterocycles. The third-order valence-corrected chi connectivity index (χ3v) is 4.42. The molecule has 8 heteroatoms. The summed E-state index contributed by atoms with van der Waals surface area (Å²) in [6, 6.07) is 2.71. The van der Waals surface area contributed by atoms with E-state index in [9.17, 15) is 23.2 Å². The summed E-state index contributed by atoms with van der Waals surface area (Å²) in [4.78, 5) is 37.3. The van der Waals surface area contributed by atoms with Crippen molar-refractivity contribution >= 4 is 17.8 Å². The maximum atomic E-state index is 13.6. The highest BCUT2D eigenvalue weighted by molar-refractivity contribution is 5.96. The molecule has 1 fully saturated rings. The van der Waals surface area contributed by atoms with Gasteiger partial charge in [0.15, 0.2) is 11.6 Å². The zero-order valence-corrected chi connectivity index (χ0v) is 14.7. The lowest BCUT2D eigenvalue weighted by Crippen LogP contribution is -2.43. The van der Waals surface area contributed by atoms with Crippen LogP contribution in [0.1, 0.15) is 37.8 Å². The SMILES string of the molecule is CCOC(=O)CC(=O)[C@H]1CCN(C(=O)OC)[C@H](c2ccc(F)c(F)c2)C1. The smallest absolute Gasteiger partial charge is 0.409 e. The van der Waals surface area contributed by atoms with Crippen molar-refractivity contribution in [3.8, 4) is 0 Å². The fraction of sp³-hybridized carbons (Fsp3) is 0.500. The topological polar surface area (TPSA) is 72.9 Å². The Hall–Kier alpha value is -2.51. The molecule has 2 atom stereocenters. The number of methoxy groups -OCH3 is 1. The summed E-state index contributed by atoms with van der Waals surface area (Å²) in [6.07, 6.45) is -0.413. The van der Waals surface area contributed by atoms with Gasteiger partial charge in [-0.25, -0.2) is 13.6 Å². The van der Waals surface area contributed by atoms with Gasteiger partial charge in [-0.1, -0.05) is 6.07 Å². The Kier molecular flexibility index (Phi) is 6.65. The van der Waals surface area contributed by atoms with Crippen molar-refractivity contribution in [3.63, 3.8) is 0 Å². The van der Waals surface area contributed by atoms with E-state index in [-0.39, 0.29) is 31.8 Å². The van der Waals surface area contributed by atoms with Crippen molar-refractivity contribution in [2.75, 3.05) is 20.3 Å². The number of ether oxygens (including phenoxy) is 2. The number of piperidine rings is 1. The second-order valence-corrected chi connectivity index (χ2v) is 6.02. The molecule has 2 rings (SSSR count). The molecule has 6 nitrogen and oxygen atoms in total. The lowest BCUT2D eigenvalue weighted by molar-refractivity contribution is -0.146. The Morgan fingerprint density at radius 1 is 1.23 bits per heavy atom. The van der Waals surface area contributed by atoms with Gasteiger partial charge in [0.05, 0.1) is 19.8 Å². The minimum atomic E-state index is -1.03. The summed E-state index contributed by atoms with van der Waals surface area (Å²) < 4.78 is 36.4. The molecule has 0 unspecified atom stereocenters. The summed E-state index contributed by atoms with van der Waals surface area (Å²) in [5, 5.41) is 0. The fourth-order valence-corrected chi connectivity index (χ4v) is 3.13. The number of ketones is 1. The molecular weight excluding hydrogens is 348 g/mol. The molecule has 1 amide bonds. The van der Waals surface area contributed by atoms with E-state index in [0.29, 0.717) is 12.0 Å². The van der Waals surface area contributed by atoms with E-state index in [1.54, 1.807) is 6.92 Å². The van der Waals surface area contributed by atoms with E-state index in [0.717, 1.165) is 12.1 Å². The van der Waals surface area contributed by atoms with Crippen LogP contribution in [0.2, 0.25) is 0 Å². The van der Waals surface area contributed by atoms with Crippen LogP contribution in [0.3, 0.4) is 0 Å². The van der Waals surface area contributed by atoms with Crippen LogP contribution in [0.15, 0.2) is 18.2 Å². The molecule has 1 aliphatic rings. The summed E-state index contributed by atoms with van der Waals surface area (Å²) in [7, 11) is 1.22. The maximum absolute atomic E-state index is 13.6. The Bertz CT molecular complexity index is 694. The van der Waals surface area contributed by atoms with Gasteiger partial charge in [0.2, 0.25) is 0 Å². The minimum absolute atomic E-state index is 0.185. The van der Waals surface area contributed by atoms with Crippen LogP contribution in [0, 0.1) is 17.6 Å². The molecule has 0 N–H and O–H groups in total. The molecule has 1 aromatic carbocycles. The van der Waals surface area contributed by atoms with Gasteiger partial charge in [0.1, 0.15) is 12.2 Å². The number of rotatable bonds is 5. The summed E-state index contributed by atoms with van der Waals surface area (Å²) in [5.74, 6) is -3.41. The fourth-order valence-electron chi connectivity index (χ4n) is 3.13. The van der Waals surface area contributed by atoms with Crippen molar-refractivity contribution in [2.24, 2.45) is 5.92 Å². The molecule has 0 aliphatic carbocycles. The van der Waals surface area contributed by atoms with Crippen LogP contribution in [-0.4, -0.2) is 43.0 Å². The predicted molar refractivity (Wildman–Crippen MR) is 87.2 cm³/mol. The normalized spacial score (nSPS) is 19.8. The van der Waals surface area contributed by atoms with Crippen molar-refractivity contribution in [1.82, 2.24) is 4.90 Å². The van der Waals surface area contributed by atoms with Crippen molar-refractivity contribution < 1.29 is 32.6 Å². The molecule has 0 radical (unpaired) electrons. The van der Waals surface area contributed by atoms with Crippen molar-refractivity contribution in [1.29, 1.82) is 0 Å². The number of halogens is 2. The van der Waals surface area contributed by atoms with Gasteiger partial charge >= 0.3 is 12.1 Å². The first-order valence-corrected chi connectivity index (χ1v) is 8.35. The second kappa shape index (κ2) is 8.73. The van der Waals surface area contributed by atoms with Gasteiger partial charge in [-0.3, -0.25) is 9.59 Å². The van der Waals surface area contributed by atoms with Crippen LogP contribution in [0.25, 0.3) is 0 Å². The number of amides is 1. The lowest BCUT2D eigenvalue weighted by Gasteiger charge is -2.38. The Balaban J connectivity index is 2.21. The summed E-state index contributed by atoms with van der Waals surface area (Å²) in [6.45, 7) is 2.04. The van der Waals surface area contributed by atoms with Crippen LogP contribution in [-0.2, 0) is 19.1 Å². The zero-order chi connectivity index (χ0) is 19.3. The maximum Gasteiger partial charge on any atom is 0.409 e. The molecule has 0 saturated carbocycles. The quantitative estimate of drug-likeness (QED) is 0.589. The van der Waals surface area contributed by atoms with Crippen molar-refractivity contribution in [2.45, 2.75) is 32.2 Å². The lowest BCUT2D eigenvalue weighted by atomic mass is 9.84. The Labute approximate surface area is 150 Å². The molecule has 1 aromatic rings. The summed E-state index contributed by atoms with van der Waals surface area (Å²) in [5.41, 5.74) is 0.364. The Morgan fingerprint density at radius 3 is 2.58 bits per heavy atom. The highest BCUT2D eigenvalue weighted by Crippen LogP contribution is 2.36. The standard InChI is InChI=1S/C18H21F2NO5/c1-3-26-17(23)10-16(22)12-6-7-21(18(24)25-2)15(9-12)11-4-5-13(19)14(20)8-11/h4-5,8,12,15H,3,6-7,9-10H2,1-2H3/t12-,15-/m0/s1. The first kappa shape index (κ1) is 19.8. The van der Waals surface area contributed by atoms with Crippen LogP contribution < -0.4 is 0 Å². The number of hydrogen-bond donors (Lipinski definition) is 0. The zero-order valence-electron chi connectivity index (χ0n) is 14.7. The number of nitrogens with zero attached hydrogens (tertiary/aromatic N) is 1. The minimum Gasteiger partial charge on any atom is -0.466 e. The number of benzene rings is 1. The number of carbonyl (C=O) groups is 3. The van der Waals surface area contributed by atoms with Gasteiger partial charge in [0.25, 0.3) is 0 Å². The third-order valence-electron chi connectivity index (χ3n) is 4.42. The molecule has 0 bridgehead atoms. The largest absolute Gasteiger partial charge is 0.466 e. The average Bonchev–Trinajstić information content (AvgIpc) is 2.63. The molecule has 0 spiro atoms. The third kappa shape index (κ3) is 4.56. The van der Waals surface area contributed by atoms with Gasteiger partial charge in [-0.2, -0.15) is 0 Å². The monoisotopic (exact) mass is 369 g/mol. The molecule has 142 valence electrons. The number of esters is 1. The number of likely N-dealkylation sites (tertiary alicyclic amines) is 1. The van der Waals surface area contributed by atoms with Crippen LogP contribution >= 0.6 is 0 Å². The number of hydrogen-bond acceptors (Lipinski definition) is 5. The van der Waals surface area contributed by atoms with E-state index in [2.05, 4.69) is 0 Å². The first-order valence-electron chi connectivity index (χ1n) is 8.35. The van der Waals surface area contributed by atoms with Gasteiger partial charge in [0, 0.05) is 12.5 Å². The predicted octanol–water partition coefficient (Wildman–Crippen LogP) is 3.01. The highest BCUT2D eigenvalue weighted by atomic mass is 19.2. The Morgan fingerprint density at radius 2 is 1.96 bits per heavy atom. The van der Waals surface area contributed by atoms with Gasteiger partial charge < -0.3 is 14.4 Å². The molecule has 1 aliphatic heterocycles. The number of Topliss-reactive ketones (excluding diaryl/α,β-unsaturated/α-hetero) is 1. The van der Waals surface area contributed by atoms with Crippen LogP contribution in [0.4, 0.5) is 13.6 Å². The first-order chi connectivity index (χ1) is 12.4. The van der Waals surface area contributed by atoms with Gasteiger partial charge in [-0.15, -0.1) is 0 Å². The van der Waals surface area contributed by atoms with E-state index in [4.69, 9.17) is 9.47 Å². The summed E-state index contributed by atoms with van der Waals surface area (Å²) >= 11 is 0. The average molecular weight is 369 g/mol. The van der Waals surface area contributed by atoms with Crippen LogP contribution in [0.5, 0.6) is 0 Å². The van der Waals surface area contributed by atoms with E-state index in [1.165, 1.54) is 18.1 Å². The van der Waals surface area contributed by atoms with E-state index < -0.39 is 35.7 Å². The van der Waals surface area contributed by atoms with E-state index in [1.807, 2.05) is 0 Å². The highest BCUT2D eigenvalue weighted by Gasteiger charge is 2.36. The molecule has 0 aromatic heterocycles. The van der Waals surface area contributed by atoms with Gasteiger partial charge in [-0.05, 0) is 37.5 Å².